The second kappa shape index (κ2) is 3.71. The van der Waals surface area contributed by atoms with Crippen molar-refractivity contribution in [3.05, 3.63) is 23.6 Å². The molecule has 0 N–H and O–H groups in total. The Labute approximate surface area is 69.8 Å². The molecule has 1 aromatic rings. The van der Waals surface area contributed by atoms with Crippen LogP contribution in [-0.2, 0) is 9.53 Å². The number of ether oxygens (including phenoxy) is 1. The molecule has 1 heterocycles. The summed E-state index contributed by atoms with van der Waals surface area (Å²) in [5, 5.41) is 3.55. The van der Waals surface area contributed by atoms with E-state index >= 15 is 0 Å². The summed E-state index contributed by atoms with van der Waals surface area (Å²) in [6, 6.07) is 0. The molecule has 1 rings (SSSR count). The van der Waals surface area contributed by atoms with Crippen LogP contribution < -0.4 is 0 Å². The lowest BCUT2D eigenvalue weighted by atomic mass is 10.3. The quantitative estimate of drug-likeness (QED) is 0.490. The summed E-state index contributed by atoms with van der Waals surface area (Å²) in [5.41, 5.74) is 0.884. The van der Waals surface area contributed by atoms with E-state index in [1.807, 2.05) is 6.92 Å². The number of hydrogen-bond acceptors (Lipinski definition) is 4. The average molecular weight is 167 g/mol. The number of aryl methyl sites for hydroxylation is 1. The van der Waals surface area contributed by atoms with Crippen LogP contribution in [0.25, 0.3) is 6.08 Å². The van der Waals surface area contributed by atoms with Crippen molar-refractivity contribution >= 4 is 12.0 Å². The minimum Gasteiger partial charge on any atom is -0.466 e. The molecule has 0 aliphatic heterocycles. The van der Waals surface area contributed by atoms with E-state index in [0.717, 1.165) is 5.56 Å². The molecule has 0 unspecified atom stereocenters. The van der Waals surface area contributed by atoms with E-state index in [1.54, 1.807) is 6.20 Å². The molecule has 0 saturated heterocycles. The molecule has 0 bridgehead atoms. The molecule has 0 aromatic carbocycles. The van der Waals surface area contributed by atoms with Crippen molar-refractivity contribution in [2.75, 3.05) is 7.11 Å². The standard InChI is InChI=1S/C8H9NO3/c1-6-5-9-12-7(6)3-4-8(10)11-2/h3-5H,1-2H3/b4-3+. The third-order valence-electron chi connectivity index (χ3n) is 1.36. The number of carbonyl (C=O) groups excluding carboxylic acids is 1. The molecule has 12 heavy (non-hydrogen) atoms. The minimum atomic E-state index is -0.411. The molecule has 0 aliphatic carbocycles. The van der Waals surface area contributed by atoms with Gasteiger partial charge in [-0.25, -0.2) is 4.79 Å². The molecule has 0 atom stereocenters. The number of rotatable bonds is 2. The molecule has 0 saturated carbocycles. The molecule has 0 amide bonds. The molecule has 4 nitrogen and oxygen atoms in total. The van der Waals surface area contributed by atoms with E-state index in [9.17, 15) is 4.79 Å². The van der Waals surface area contributed by atoms with Gasteiger partial charge in [0.05, 0.1) is 13.3 Å². The molecular formula is C8H9NO3. The van der Waals surface area contributed by atoms with Gasteiger partial charge in [0.25, 0.3) is 0 Å². The highest BCUT2D eigenvalue weighted by Gasteiger charge is 1.99. The fourth-order valence-corrected chi connectivity index (χ4v) is 0.671. The van der Waals surface area contributed by atoms with Gasteiger partial charge in [0, 0.05) is 11.6 Å². The number of aromatic nitrogens is 1. The first-order chi connectivity index (χ1) is 5.74. The Hall–Kier alpha value is -1.58. The molecular weight excluding hydrogens is 158 g/mol. The van der Waals surface area contributed by atoms with Crippen LogP contribution >= 0.6 is 0 Å². The zero-order chi connectivity index (χ0) is 8.97. The van der Waals surface area contributed by atoms with Crippen LogP contribution in [0.1, 0.15) is 11.3 Å². The van der Waals surface area contributed by atoms with Crippen LogP contribution in [0, 0.1) is 6.92 Å². The van der Waals surface area contributed by atoms with Crippen LogP contribution in [0.3, 0.4) is 0 Å². The van der Waals surface area contributed by atoms with Gasteiger partial charge in [0.1, 0.15) is 0 Å². The van der Waals surface area contributed by atoms with Crippen LogP contribution in [0.4, 0.5) is 0 Å². The van der Waals surface area contributed by atoms with Crippen molar-refractivity contribution in [3.63, 3.8) is 0 Å². The summed E-state index contributed by atoms with van der Waals surface area (Å²) in [5.74, 6) is 0.159. The van der Waals surface area contributed by atoms with E-state index in [1.165, 1.54) is 19.3 Å². The molecule has 0 spiro atoms. The Morgan fingerprint density at radius 1 is 1.75 bits per heavy atom. The summed E-state index contributed by atoms with van der Waals surface area (Å²) in [4.78, 5) is 10.6. The van der Waals surface area contributed by atoms with Gasteiger partial charge in [-0.15, -0.1) is 0 Å². The van der Waals surface area contributed by atoms with Crippen molar-refractivity contribution in [1.29, 1.82) is 0 Å². The Bertz CT molecular complexity index is 301. The van der Waals surface area contributed by atoms with Gasteiger partial charge in [-0.3, -0.25) is 0 Å². The topological polar surface area (TPSA) is 52.3 Å². The predicted octanol–water partition coefficient (Wildman–Crippen LogP) is 1.17. The zero-order valence-corrected chi connectivity index (χ0v) is 6.90. The van der Waals surface area contributed by atoms with Gasteiger partial charge < -0.3 is 9.26 Å². The third-order valence-corrected chi connectivity index (χ3v) is 1.36. The van der Waals surface area contributed by atoms with E-state index < -0.39 is 5.97 Å². The van der Waals surface area contributed by atoms with Crippen molar-refractivity contribution in [1.82, 2.24) is 5.16 Å². The van der Waals surface area contributed by atoms with Crippen molar-refractivity contribution in [2.45, 2.75) is 6.92 Å². The number of esters is 1. The first kappa shape index (κ1) is 8.52. The fourth-order valence-electron chi connectivity index (χ4n) is 0.671. The van der Waals surface area contributed by atoms with Crippen molar-refractivity contribution in [2.24, 2.45) is 0 Å². The van der Waals surface area contributed by atoms with Gasteiger partial charge in [0.15, 0.2) is 5.76 Å². The third kappa shape index (κ3) is 1.95. The summed E-state index contributed by atoms with van der Waals surface area (Å²) < 4.78 is 9.22. The predicted molar refractivity (Wildman–Crippen MR) is 42.3 cm³/mol. The van der Waals surface area contributed by atoms with Crippen LogP contribution in [0.2, 0.25) is 0 Å². The van der Waals surface area contributed by atoms with Gasteiger partial charge in [-0.1, -0.05) is 5.16 Å². The lowest BCUT2D eigenvalue weighted by Gasteiger charge is -1.88. The van der Waals surface area contributed by atoms with Gasteiger partial charge in [-0.05, 0) is 13.0 Å². The highest BCUT2D eigenvalue weighted by molar-refractivity contribution is 5.86. The van der Waals surface area contributed by atoms with Crippen molar-refractivity contribution < 1.29 is 14.1 Å². The number of carbonyl (C=O) groups is 1. The molecule has 0 radical (unpaired) electrons. The summed E-state index contributed by atoms with van der Waals surface area (Å²) >= 11 is 0. The normalized spacial score (nSPS) is 10.5. The molecule has 64 valence electrons. The first-order valence-electron chi connectivity index (χ1n) is 3.41. The lowest BCUT2D eigenvalue weighted by molar-refractivity contribution is -0.134. The number of nitrogens with zero attached hydrogens (tertiary/aromatic N) is 1. The second-order valence-electron chi connectivity index (χ2n) is 2.23. The smallest absolute Gasteiger partial charge is 0.330 e. The Kier molecular flexibility index (Phi) is 2.63. The maximum absolute atomic E-state index is 10.6. The highest BCUT2D eigenvalue weighted by Crippen LogP contribution is 2.07. The van der Waals surface area contributed by atoms with Gasteiger partial charge in [0.2, 0.25) is 0 Å². The maximum atomic E-state index is 10.6. The number of hydrogen-bond donors (Lipinski definition) is 0. The van der Waals surface area contributed by atoms with Gasteiger partial charge in [-0.2, -0.15) is 0 Å². The summed E-state index contributed by atoms with van der Waals surface area (Å²) in [6.45, 7) is 1.84. The Balaban J connectivity index is 2.69. The van der Waals surface area contributed by atoms with E-state index in [4.69, 9.17) is 4.52 Å². The molecule has 1 aromatic heterocycles. The van der Waals surface area contributed by atoms with Crippen LogP contribution in [0.15, 0.2) is 16.8 Å². The molecule has 0 fully saturated rings. The molecule has 4 heteroatoms. The molecule has 0 aliphatic rings. The van der Waals surface area contributed by atoms with E-state index in [-0.39, 0.29) is 0 Å². The zero-order valence-electron chi connectivity index (χ0n) is 6.90. The largest absolute Gasteiger partial charge is 0.466 e. The summed E-state index contributed by atoms with van der Waals surface area (Å²) in [7, 11) is 1.32. The van der Waals surface area contributed by atoms with Gasteiger partial charge >= 0.3 is 5.97 Å². The highest BCUT2D eigenvalue weighted by atomic mass is 16.5. The first-order valence-corrected chi connectivity index (χ1v) is 3.41. The minimum absolute atomic E-state index is 0.411. The second-order valence-corrected chi connectivity index (χ2v) is 2.23. The average Bonchev–Trinajstić information content (AvgIpc) is 2.47. The summed E-state index contributed by atoms with van der Waals surface area (Å²) in [6.07, 6.45) is 4.39. The fraction of sp³-hybridized carbons (Fsp3) is 0.250. The van der Waals surface area contributed by atoms with Crippen LogP contribution in [0.5, 0.6) is 0 Å². The number of methoxy groups -OCH3 is 1. The van der Waals surface area contributed by atoms with E-state index in [2.05, 4.69) is 9.89 Å². The Morgan fingerprint density at radius 3 is 3.00 bits per heavy atom. The Morgan fingerprint density at radius 2 is 2.50 bits per heavy atom. The SMILES string of the molecule is COC(=O)/C=C/c1oncc1C. The monoisotopic (exact) mass is 167 g/mol. The van der Waals surface area contributed by atoms with Crippen LogP contribution in [-0.4, -0.2) is 18.2 Å². The van der Waals surface area contributed by atoms with E-state index in [0.29, 0.717) is 5.76 Å². The maximum Gasteiger partial charge on any atom is 0.330 e. The van der Waals surface area contributed by atoms with Crippen molar-refractivity contribution in [3.8, 4) is 0 Å². The lowest BCUT2D eigenvalue weighted by Crippen LogP contribution is -1.93.